The third kappa shape index (κ3) is 3.18. The molecule has 1 aromatic rings. The monoisotopic (exact) mass is 275 g/mol. The molecule has 0 heterocycles. The van der Waals surface area contributed by atoms with Gasteiger partial charge in [-0.3, -0.25) is 4.79 Å². The Kier molecular flexibility index (Phi) is 4.12. The fourth-order valence-corrected chi connectivity index (χ4v) is 2.52. The van der Waals surface area contributed by atoms with E-state index in [0.717, 1.165) is 18.4 Å². The lowest BCUT2D eigenvalue weighted by Crippen LogP contribution is -2.28. The molecule has 1 aliphatic rings. The number of carboxylic acids is 1. The molecule has 1 amide bonds. The van der Waals surface area contributed by atoms with E-state index in [1.54, 1.807) is 18.2 Å². The predicted octanol–water partition coefficient (Wildman–Crippen LogP) is 2.48. The van der Waals surface area contributed by atoms with Gasteiger partial charge in [0.15, 0.2) is 0 Å². The van der Waals surface area contributed by atoms with E-state index < -0.39 is 5.97 Å². The van der Waals surface area contributed by atoms with Crippen molar-refractivity contribution in [2.75, 3.05) is 6.54 Å². The first kappa shape index (κ1) is 14.6. The van der Waals surface area contributed by atoms with Crippen LogP contribution in [0.25, 0.3) is 0 Å². The van der Waals surface area contributed by atoms with E-state index >= 15 is 0 Å². The normalized spacial score (nSPS) is 24.2. The average molecular weight is 275 g/mol. The number of carbonyl (C=O) groups is 2. The SMILES string of the molecule is CCC1(C)CC1C(=O)NCCc1cccc(C(=O)O)c1. The number of aromatic carboxylic acids is 1. The van der Waals surface area contributed by atoms with Crippen molar-refractivity contribution >= 4 is 11.9 Å². The van der Waals surface area contributed by atoms with Crippen LogP contribution in [-0.2, 0) is 11.2 Å². The quantitative estimate of drug-likeness (QED) is 0.838. The van der Waals surface area contributed by atoms with Gasteiger partial charge in [0.25, 0.3) is 0 Å². The number of hydrogen-bond donors (Lipinski definition) is 2. The Morgan fingerprint density at radius 1 is 1.45 bits per heavy atom. The van der Waals surface area contributed by atoms with Crippen LogP contribution in [0.1, 0.15) is 42.6 Å². The summed E-state index contributed by atoms with van der Waals surface area (Å²) in [6.45, 7) is 4.82. The van der Waals surface area contributed by atoms with Gasteiger partial charge in [-0.2, -0.15) is 0 Å². The van der Waals surface area contributed by atoms with Gasteiger partial charge in [0.1, 0.15) is 0 Å². The van der Waals surface area contributed by atoms with Crippen LogP contribution in [0.2, 0.25) is 0 Å². The van der Waals surface area contributed by atoms with Crippen LogP contribution in [0.4, 0.5) is 0 Å². The van der Waals surface area contributed by atoms with Crippen molar-refractivity contribution in [3.8, 4) is 0 Å². The summed E-state index contributed by atoms with van der Waals surface area (Å²) in [5.41, 5.74) is 1.40. The number of nitrogens with one attached hydrogen (secondary N) is 1. The summed E-state index contributed by atoms with van der Waals surface area (Å²) in [6, 6.07) is 6.84. The molecule has 4 nitrogen and oxygen atoms in total. The van der Waals surface area contributed by atoms with Gasteiger partial charge in [-0.15, -0.1) is 0 Å². The smallest absolute Gasteiger partial charge is 0.335 e. The number of carbonyl (C=O) groups excluding carboxylic acids is 1. The maximum atomic E-state index is 11.9. The van der Waals surface area contributed by atoms with Crippen molar-refractivity contribution in [2.24, 2.45) is 11.3 Å². The lowest BCUT2D eigenvalue weighted by atomic mass is 10.0. The van der Waals surface area contributed by atoms with Gasteiger partial charge < -0.3 is 10.4 Å². The molecule has 1 saturated carbocycles. The van der Waals surface area contributed by atoms with Gasteiger partial charge in [0, 0.05) is 12.5 Å². The topological polar surface area (TPSA) is 66.4 Å². The van der Waals surface area contributed by atoms with E-state index in [-0.39, 0.29) is 22.8 Å². The molecule has 0 saturated heterocycles. The fourth-order valence-electron chi connectivity index (χ4n) is 2.52. The Hall–Kier alpha value is -1.84. The number of benzene rings is 1. The maximum Gasteiger partial charge on any atom is 0.335 e. The average Bonchev–Trinajstić information content (AvgIpc) is 3.12. The van der Waals surface area contributed by atoms with Crippen LogP contribution in [0.15, 0.2) is 24.3 Å². The molecule has 1 aromatic carbocycles. The standard InChI is InChI=1S/C16H21NO3/c1-3-16(2)10-13(16)14(18)17-8-7-11-5-4-6-12(9-11)15(19)20/h4-6,9,13H,3,7-8,10H2,1-2H3,(H,17,18)(H,19,20). The highest BCUT2D eigenvalue weighted by Crippen LogP contribution is 2.54. The number of hydrogen-bond acceptors (Lipinski definition) is 2. The summed E-state index contributed by atoms with van der Waals surface area (Å²) >= 11 is 0. The lowest BCUT2D eigenvalue weighted by molar-refractivity contribution is -0.123. The molecule has 1 fully saturated rings. The maximum absolute atomic E-state index is 11.9. The van der Waals surface area contributed by atoms with Crippen LogP contribution in [-0.4, -0.2) is 23.5 Å². The number of rotatable bonds is 6. The highest BCUT2D eigenvalue weighted by Gasteiger charge is 2.52. The van der Waals surface area contributed by atoms with Gasteiger partial charge in [0.2, 0.25) is 5.91 Å². The second-order valence-corrected chi connectivity index (χ2v) is 5.81. The first-order valence-electron chi connectivity index (χ1n) is 7.06. The molecule has 1 aliphatic carbocycles. The summed E-state index contributed by atoms with van der Waals surface area (Å²) in [6.07, 6.45) is 2.66. The molecular weight excluding hydrogens is 254 g/mol. The Morgan fingerprint density at radius 3 is 2.80 bits per heavy atom. The van der Waals surface area contributed by atoms with Crippen molar-refractivity contribution in [3.63, 3.8) is 0 Å². The molecule has 0 spiro atoms. The highest BCUT2D eigenvalue weighted by molar-refractivity contribution is 5.87. The molecule has 0 radical (unpaired) electrons. The Morgan fingerprint density at radius 2 is 2.20 bits per heavy atom. The molecule has 108 valence electrons. The lowest BCUT2D eigenvalue weighted by Gasteiger charge is -2.09. The van der Waals surface area contributed by atoms with Crippen LogP contribution in [0.3, 0.4) is 0 Å². The van der Waals surface area contributed by atoms with Crippen molar-refractivity contribution in [2.45, 2.75) is 33.1 Å². The second kappa shape index (κ2) is 5.65. The summed E-state index contributed by atoms with van der Waals surface area (Å²) < 4.78 is 0. The van der Waals surface area contributed by atoms with E-state index in [4.69, 9.17) is 5.11 Å². The van der Waals surface area contributed by atoms with E-state index in [1.807, 2.05) is 6.07 Å². The van der Waals surface area contributed by atoms with Gasteiger partial charge in [-0.1, -0.05) is 26.0 Å². The van der Waals surface area contributed by atoms with Crippen LogP contribution in [0.5, 0.6) is 0 Å². The fraction of sp³-hybridized carbons (Fsp3) is 0.500. The molecule has 0 aliphatic heterocycles. The Labute approximate surface area is 119 Å². The molecule has 0 bridgehead atoms. The third-order valence-electron chi connectivity index (χ3n) is 4.36. The zero-order chi connectivity index (χ0) is 14.8. The third-order valence-corrected chi connectivity index (χ3v) is 4.36. The first-order chi connectivity index (χ1) is 9.46. The molecule has 2 atom stereocenters. The minimum atomic E-state index is -0.924. The zero-order valence-corrected chi connectivity index (χ0v) is 12.0. The van der Waals surface area contributed by atoms with Gasteiger partial charge >= 0.3 is 5.97 Å². The van der Waals surface area contributed by atoms with E-state index in [1.165, 1.54) is 0 Å². The zero-order valence-electron chi connectivity index (χ0n) is 12.0. The van der Waals surface area contributed by atoms with Gasteiger partial charge in [-0.25, -0.2) is 4.79 Å². The largest absolute Gasteiger partial charge is 0.478 e. The van der Waals surface area contributed by atoms with Crippen molar-refractivity contribution < 1.29 is 14.7 Å². The molecule has 2 N–H and O–H groups in total. The minimum absolute atomic E-state index is 0.128. The molecule has 2 rings (SSSR count). The summed E-state index contributed by atoms with van der Waals surface area (Å²) in [7, 11) is 0. The molecule has 0 aromatic heterocycles. The summed E-state index contributed by atoms with van der Waals surface area (Å²) in [5.74, 6) is -0.644. The van der Waals surface area contributed by atoms with Crippen LogP contribution >= 0.6 is 0 Å². The molecule has 2 unspecified atom stereocenters. The second-order valence-electron chi connectivity index (χ2n) is 5.81. The van der Waals surface area contributed by atoms with E-state index in [0.29, 0.717) is 13.0 Å². The highest BCUT2D eigenvalue weighted by atomic mass is 16.4. The van der Waals surface area contributed by atoms with Gasteiger partial charge in [0.05, 0.1) is 5.56 Å². The first-order valence-corrected chi connectivity index (χ1v) is 7.06. The molecule has 20 heavy (non-hydrogen) atoms. The molecular formula is C16H21NO3. The predicted molar refractivity (Wildman–Crippen MR) is 76.6 cm³/mol. The van der Waals surface area contributed by atoms with Crippen LogP contribution < -0.4 is 5.32 Å². The molecule has 4 heteroatoms. The number of amides is 1. The van der Waals surface area contributed by atoms with Crippen molar-refractivity contribution in [1.82, 2.24) is 5.32 Å². The Balaban J connectivity index is 1.80. The van der Waals surface area contributed by atoms with Crippen LogP contribution in [0, 0.1) is 11.3 Å². The van der Waals surface area contributed by atoms with Crippen molar-refractivity contribution in [3.05, 3.63) is 35.4 Å². The van der Waals surface area contributed by atoms with E-state index in [2.05, 4.69) is 19.2 Å². The Bertz CT molecular complexity index is 526. The van der Waals surface area contributed by atoms with Crippen molar-refractivity contribution in [1.29, 1.82) is 0 Å². The minimum Gasteiger partial charge on any atom is -0.478 e. The van der Waals surface area contributed by atoms with E-state index in [9.17, 15) is 9.59 Å². The van der Waals surface area contributed by atoms with Gasteiger partial charge in [-0.05, 0) is 42.4 Å². The summed E-state index contributed by atoms with van der Waals surface area (Å²) in [5, 5.41) is 11.9. The summed E-state index contributed by atoms with van der Waals surface area (Å²) in [4.78, 5) is 22.8. The number of carboxylic acid groups (broad SMARTS) is 1.